The topological polar surface area (TPSA) is 50.1 Å². The van der Waals surface area contributed by atoms with Crippen LogP contribution in [-0.2, 0) is 13.1 Å². The average Bonchev–Trinajstić information content (AvgIpc) is 2.72. The van der Waals surface area contributed by atoms with Crippen LogP contribution >= 0.6 is 0 Å². The maximum atomic E-state index is 8.73. The van der Waals surface area contributed by atoms with E-state index in [0.29, 0.717) is 6.54 Å². The molecule has 0 aromatic carbocycles. The van der Waals surface area contributed by atoms with Crippen LogP contribution < -0.4 is 5.32 Å². The lowest BCUT2D eigenvalue weighted by Gasteiger charge is -2.01. The zero-order chi connectivity index (χ0) is 11.6. The molecule has 0 spiro atoms. The Kier molecular flexibility index (Phi) is 6.31. The van der Waals surface area contributed by atoms with Crippen LogP contribution in [0.5, 0.6) is 0 Å². The maximum Gasteiger partial charge on any atom is 0.0640 e. The highest BCUT2D eigenvalue weighted by atomic mass is 16.3. The predicted molar refractivity (Wildman–Crippen MR) is 63.7 cm³/mol. The molecule has 88 valence electrons. The van der Waals surface area contributed by atoms with Gasteiger partial charge in [-0.1, -0.05) is 0 Å². The molecule has 0 unspecified atom stereocenters. The van der Waals surface area contributed by atoms with Crippen molar-refractivity contribution in [3.63, 3.8) is 0 Å². The summed E-state index contributed by atoms with van der Waals surface area (Å²) in [5.74, 6) is 2.63. The first-order valence-corrected chi connectivity index (χ1v) is 5.63. The third-order valence-corrected chi connectivity index (χ3v) is 2.27. The van der Waals surface area contributed by atoms with Gasteiger partial charge in [0.2, 0.25) is 0 Å². The molecule has 0 aliphatic carbocycles. The lowest BCUT2D eigenvalue weighted by Crippen LogP contribution is -2.14. The lowest BCUT2D eigenvalue weighted by molar-refractivity contribution is 0.269. The van der Waals surface area contributed by atoms with E-state index in [0.717, 1.165) is 37.9 Å². The van der Waals surface area contributed by atoms with E-state index in [4.69, 9.17) is 11.5 Å². The van der Waals surface area contributed by atoms with E-state index in [-0.39, 0.29) is 6.61 Å². The summed E-state index contributed by atoms with van der Waals surface area (Å²) in [5.41, 5.74) is 1.14. The van der Waals surface area contributed by atoms with E-state index < -0.39 is 0 Å². The first kappa shape index (κ1) is 12.8. The van der Waals surface area contributed by atoms with Crippen molar-refractivity contribution in [1.29, 1.82) is 0 Å². The summed E-state index contributed by atoms with van der Waals surface area (Å²) in [6.45, 7) is 2.48. The first-order valence-electron chi connectivity index (χ1n) is 5.63. The Labute approximate surface area is 96.7 Å². The molecule has 4 heteroatoms. The number of aromatic nitrogens is 2. The highest BCUT2D eigenvalue weighted by Gasteiger charge is 1.97. The number of terminal acetylenes is 1. The Balaban J connectivity index is 2.10. The summed E-state index contributed by atoms with van der Waals surface area (Å²) in [6, 6.07) is 0. The molecule has 0 saturated carbocycles. The fourth-order valence-electron chi connectivity index (χ4n) is 1.43. The van der Waals surface area contributed by atoms with Crippen LogP contribution in [0, 0.1) is 12.3 Å². The second-order valence-electron chi connectivity index (χ2n) is 3.67. The van der Waals surface area contributed by atoms with Gasteiger partial charge in [0.05, 0.1) is 19.3 Å². The fraction of sp³-hybridized carbons (Fsp3) is 0.583. The highest BCUT2D eigenvalue weighted by Crippen LogP contribution is 1.97. The lowest BCUT2D eigenvalue weighted by atomic mass is 10.2. The van der Waals surface area contributed by atoms with Crippen LogP contribution in [0.3, 0.4) is 0 Å². The van der Waals surface area contributed by atoms with Crippen molar-refractivity contribution < 1.29 is 5.11 Å². The van der Waals surface area contributed by atoms with Gasteiger partial charge in [-0.2, -0.15) is 5.10 Å². The molecular formula is C12H19N3O. The Morgan fingerprint density at radius 1 is 1.50 bits per heavy atom. The van der Waals surface area contributed by atoms with Crippen molar-refractivity contribution in [2.75, 3.05) is 13.2 Å². The van der Waals surface area contributed by atoms with E-state index in [9.17, 15) is 0 Å². The van der Waals surface area contributed by atoms with Gasteiger partial charge in [0, 0.05) is 24.7 Å². The van der Waals surface area contributed by atoms with Crippen molar-refractivity contribution in [3.8, 4) is 12.3 Å². The zero-order valence-electron chi connectivity index (χ0n) is 9.52. The van der Waals surface area contributed by atoms with E-state index in [1.807, 2.05) is 12.4 Å². The number of nitrogens with zero attached hydrogens (tertiary/aromatic N) is 2. The summed E-state index contributed by atoms with van der Waals surface area (Å²) < 4.78 is 1.75. The summed E-state index contributed by atoms with van der Waals surface area (Å²) in [4.78, 5) is 0. The fourth-order valence-corrected chi connectivity index (χ4v) is 1.43. The van der Waals surface area contributed by atoms with Crippen molar-refractivity contribution in [1.82, 2.24) is 15.1 Å². The molecule has 0 aliphatic heterocycles. The molecule has 2 N–H and O–H groups in total. The summed E-state index contributed by atoms with van der Waals surface area (Å²) in [6.07, 6.45) is 12.0. The second kappa shape index (κ2) is 7.91. The molecule has 4 nitrogen and oxygen atoms in total. The summed E-state index contributed by atoms with van der Waals surface area (Å²) >= 11 is 0. The Bertz CT molecular complexity index is 327. The van der Waals surface area contributed by atoms with Gasteiger partial charge in [-0.05, 0) is 19.4 Å². The van der Waals surface area contributed by atoms with Crippen LogP contribution in [-0.4, -0.2) is 28.0 Å². The number of aliphatic hydroxyl groups excluding tert-OH is 1. The molecule has 0 amide bonds. The SMILES string of the molecule is C#CCCCCNCc1cnn(CCO)c1. The molecule has 0 saturated heterocycles. The van der Waals surface area contributed by atoms with Gasteiger partial charge in [-0.3, -0.25) is 4.68 Å². The highest BCUT2D eigenvalue weighted by molar-refractivity contribution is 5.03. The number of nitrogens with one attached hydrogen (secondary N) is 1. The van der Waals surface area contributed by atoms with Crippen molar-refractivity contribution >= 4 is 0 Å². The molecule has 0 atom stereocenters. The van der Waals surface area contributed by atoms with Crippen LogP contribution in [0.1, 0.15) is 24.8 Å². The van der Waals surface area contributed by atoms with Gasteiger partial charge in [-0.25, -0.2) is 0 Å². The Morgan fingerprint density at radius 2 is 2.38 bits per heavy atom. The number of unbranched alkanes of at least 4 members (excludes halogenated alkanes) is 2. The maximum absolute atomic E-state index is 8.73. The molecule has 1 rings (SSSR count). The van der Waals surface area contributed by atoms with Gasteiger partial charge in [0.1, 0.15) is 0 Å². The smallest absolute Gasteiger partial charge is 0.0640 e. The van der Waals surface area contributed by atoms with Crippen molar-refractivity contribution in [3.05, 3.63) is 18.0 Å². The monoisotopic (exact) mass is 221 g/mol. The second-order valence-corrected chi connectivity index (χ2v) is 3.67. The molecule has 16 heavy (non-hydrogen) atoms. The largest absolute Gasteiger partial charge is 0.394 e. The van der Waals surface area contributed by atoms with E-state index >= 15 is 0 Å². The van der Waals surface area contributed by atoms with E-state index in [1.165, 1.54) is 0 Å². The number of rotatable bonds is 8. The normalized spacial score (nSPS) is 10.2. The summed E-state index contributed by atoms with van der Waals surface area (Å²) in [5, 5.41) is 16.2. The zero-order valence-corrected chi connectivity index (χ0v) is 9.52. The molecule has 0 radical (unpaired) electrons. The van der Waals surface area contributed by atoms with Crippen molar-refractivity contribution in [2.24, 2.45) is 0 Å². The molecule has 1 aromatic rings. The number of aliphatic hydroxyl groups is 1. The molecule has 0 aliphatic rings. The number of hydrogen-bond donors (Lipinski definition) is 2. The predicted octanol–water partition coefficient (Wildman–Crippen LogP) is 0.768. The minimum atomic E-state index is 0.126. The molecular weight excluding hydrogens is 202 g/mol. The molecule has 0 bridgehead atoms. The van der Waals surface area contributed by atoms with Gasteiger partial charge < -0.3 is 10.4 Å². The van der Waals surface area contributed by atoms with Crippen LogP contribution in [0.2, 0.25) is 0 Å². The molecule has 1 heterocycles. The third-order valence-electron chi connectivity index (χ3n) is 2.27. The third kappa shape index (κ3) is 4.96. The van der Waals surface area contributed by atoms with Crippen LogP contribution in [0.15, 0.2) is 12.4 Å². The first-order chi connectivity index (χ1) is 7.86. The van der Waals surface area contributed by atoms with Crippen LogP contribution in [0.4, 0.5) is 0 Å². The van der Waals surface area contributed by atoms with E-state index in [1.54, 1.807) is 4.68 Å². The molecule has 1 aromatic heterocycles. The standard InChI is InChI=1S/C12H19N3O/c1-2-3-4-5-6-13-9-12-10-14-15(11-12)7-8-16/h1,10-11,13,16H,3-9H2. The van der Waals surface area contributed by atoms with Gasteiger partial charge in [-0.15, -0.1) is 12.3 Å². The molecule has 0 fully saturated rings. The summed E-state index contributed by atoms with van der Waals surface area (Å²) in [7, 11) is 0. The van der Waals surface area contributed by atoms with Crippen molar-refractivity contribution in [2.45, 2.75) is 32.4 Å². The minimum Gasteiger partial charge on any atom is -0.394 e. The number of hydrogen-bond acceptors (Lipinski definition) is 3. The van der Waals surface area contributed by atoms with E-state index in [2.05, 4.69) is 16.3 Å². The Hall–Kier alpha value is -1.31. The quantitative estimate of drug-likeness (QED) is 0.503. The minimum absolute atomic E-state index is 0.126. The van der Waals surface area contributed by atoms with Gasteiger partial charge in [0.15, 0.2) is 0 Å². The average molecular weight is 221 g/mol. The van der Waals surface area contributed by atoms with Gasteiger partial charge in [0.25, 0.3) is 0 Å². The Morgan fingerprint density at radius 3 is 3.12 bits per heavy atom. The van der Waals surface area contributed by atoms with Crippen LogP contribution in [0.25, 0.3) is 0 Å². The van der Waals surface area contributed by atoms with Gasteiger partial charge >= 0.3 is 0 Å².